The number of carbonyl (C=O) groups excluding carboxylic acids is 2. The largest absolute Gasteiger partial charge is 0.479 e. The molecule has 0 aromatic heterocycles. The van der Waals surface area contributed by atoms with Crippen LogP contribution in [-0.4, -0.2) is 24.0 Å². The van der Waals surface area contributed by atoms with Gasteiger partial charge in [-0.3, -0.25) is 9.59 Å². The molecule has 2 aromatic rings. The molecule has 0 spiro atoms. The summed E-state index contributed by atoms with van der Waals surface area (Å²) in [4.78, 5) is 25.3. The van der Waals surface area contributed by atoms with E-state index in [1.54, 1.807) is 55.5 Å². The van der Waals surface area contributed by atoms with E-state index in [-0.39, 0.29) is 17.9 Å². The van der Waals surface area contributed by atoms with Gasteiger partial charge in [0.2, 0.25) is 0 Å². The molecule has 2 aromatic carbocycles. The van der Waals surface area contributed by atoms with Gasteiger partial charge in [0.05, 0.1) is 16.3 Å². The van der Waals surface area contributed by atoms with Crippen LogP contribution in [0.1, 0.15) is 49.4 Å². The fourth-order valence-electron chi connectivity index (χ4n) is 3.32. The summed E-state index contributed by atoms with van der Waals surface area (Å²) >= 11 is 6.08. The molecule has 1 atom stereocenters. The van der Waals surface area contributed by atoms with E-state index in [0.29, 0.717) is 22.0 Å². The van der Waals surface area contributed by atoms with Crippen molar-refractivity contribution in [2.45, 2.75) is 51.2 Å². The minimum Gasteiger partial charge on any atom is -0.479 e. The number of hydrogen-bond donors (Lipinski definition) is 2. The highest BCUT2D eigenvalue weighted by Crippen LogP contribution is 2.25. The Kier molecular flexibility index (Phi) is 6.93. The monoisotopic (exact) mass is 400 g/mol. The van der Waals surface area contributed by atoms with E-state index < -0.39 is 6.10 Å². The maximum Gasteiger partial charge on any atom is 0.265 e. The van der Waals surface area contributed by atoms with Gasteiger partial charge in [-0.1, -0.05) is 55.1 Å². The molecule has 28 heavy (non-hydrogen) atoms. The summed E-state index contributed by atoms with van der Waals surface area (Å²) in [7, 11) is 0. The molecule has 0 heterocycles. The van der Waals surface area contributed by atoms with Crippen LogP contribution in [0.5, 0.6) is 5.75 Å². The van der Waals surface area contributed by atoms with Gasteiger partial charge in [-0.2, -0.15) is 0 Å². The Morgan fingerprint density at radius 1 is 1.04 bits per heavy atom. The van der Waals surface area contributed by atoms with Crippen LogP contribution in [0.3, 0.4) is 0 Å². The molecule has 0 unspecified atom stereocenters. The van der Waals surface area contributed by atoms with E-state index in [2.05, 4.69) is 10.6 Å². The second-order valence-electron chi connectivity index (χ2n) is 7.03. The topological polar surface area (TPSA) is 67.4 Å². The standard InChI is InChI=1S/C22H25ClN2O3/c1-15(28-20-14-8-6-12-18(20)23)21(26)25-19-13-7-5-11-17(19)22(27)24-16-9-3-2-4-10-16/h5-8,11-16H,2-4,9-10H2,1H3,(H,24,27)(H,25,26)/t15-/m1/s1. The summed E-state index contributed by atoms with van der Waals surface area (Å²) in [5.41, 5.74) is 0.918. The van der Waals surface area contributed by atoms with Gasteiger partial charge in [-0.25, -0.2) is 0 Å². The molecule has 0 bridgehead atoms. The zero-order chi connectivity index (χ0) is 19.9. The van der Waals surface area contributed by atoms with Crippen molar-refractivity contribution in [3.8, 4) is 5.75 Å². The Bertz CT molecular complexity index is 834. The maximum atomic E-state index is 12.7. The molecule has 1 aliphatic rings. The second kappa shape index (κ2) is 9.60. The van der Waals surface area contributed by atoms with Gasteiger partial charge in [0.25, 0.3) is 11.8 Å². The molecule has 2 amide bonds. The summed E-state index contributed by atoms with van der Waals surface area (Å²) in [5.74, 6) is -0.0737. The SMILES string of the molecule is C[C@@H](Oc1ccccc1Cl)C(=O)Nc1ccccc1C(=O)NC1CCCCC1. The first-order valence-corrected chi connectivity index (χ1v) is 10.0. The molecular weight excluding hydrogens is 376 g/mol. The fourth-order valence-corrected chi connectivity index (χ4v) is 3.50. The van der Waals surface area contributed by atoms with Crippen LogP contribution in [0, 0.1) is 0 Å². The first-order chi connectivity index (χ1) is 13.5. The molecule has 148 valence electrons. The molecule has 3 rings (SSSR count). The number of ether oxygens (including phenoxy) is 1. The third-order valence-corrected chi connectivity index (χ3v) is 5.19. The number of para-hydroxylation sites is 2. The number of amides is 2. The van der Waals surface area contributed by atoms with E-state index in [1.807, 2.05) is 0 Å². The van der Waals surface area contributed by atoms with Crippen molar-refractivity contribution in [1.82, 2.24) is 5.32 Å². The third kappa shape index (κ3) is 5.26. The molecule has 5 nitrogen and oxygen atoms in total. The van der Waals surface area contributed by atoms with Crippen molar-refractivity contribution in [2.75, 3.05) is 5.32 Å². The minimum absolute atomic E-state index is 0.164. The maximum absolute atomic E-state index is 12.7. The number of anilines is 1. The molecule has 1 aliphatic carbocycles. The summed E-state index contributed by atoms with van der Waals surface area (Å²) in [5, 5.41) is 6.33. The fraction of sp³-hybridized carbons (Fsp3) is 0.364. The van der Waals surface area contributed by atoms with Crippen LogP contribution in [0.25, 0.3) is 0 Å². The Hall–Kier alpha value is -2.53. The lowest BCUT2D eigenvalue weighted by Gasteiger charge is -2.23. The average Bonchev–Trinajstić information content (AvgIpc) is 2.70. The van der Waals surface area contributed by atoms with Crippen LogP contribution in [0.2, 0.25) is 5.02 Å². The van der Waals surface area contributed by atoms with Crippen molar-refractivity contribution in [3.05, 3.63) is 59.1 Å². The smallest absolute Gasteiger partial charge is 0.265 e. The number of nitrogens with one attached hydrogen (secondary N) is 2. The lowest BCUT2D eigenvalue weighted by Crippen LogP contribution is -2.37. The first-order valence-electron chi connectivity index (χ1n) is 9.66. The molecule has 0 radical (unpaired) electrons. The predicted octanol–water partition coefficient (Wildman–Crippen LogP) is 4.81. The van der Waals surface area contributed by atoms with Crippen LogP contribution in [-0.2, 0) is 4.79 Å². The van der Waals surface area contributed by atoms with Gasteiger partial charge in [0, 0.05) is 6.04 Å². The lowest BCUT2D eigenvalue weighted by atomic mass is 9.95. The second-order valence-corrected chi connectivity index (χ2v) is 7.44. The van der Waals surface area contributed by atoms with Crippen LogP contribution < -0.4 is 15.4 Å². The van der Waals surface area contributed by atoms with Gasteiger partial charge in [0.15, 0.2) is 6.10 Å². The highest BCUT2D eigenvalue weighted by molar-refractivity contribution is 6.32. The molecular formula is C22H25ClN2O3. The summed E-state index contributed by atoms with van der Waals surface area (Å²) in [6, 6.07) is 14.2. The van der Waals surface area contributed by atoms with E-state index >= 15 is 0 Å². The van der Waals surface area contributed by atoms with E-state index in [4.69, 9.17) is 16.3 Å². The number of carbonyl (C=O) groups is 2. The molecule has 1 fully saturated rings. The number of benzene rings is 2. The van der Waals surface area contributed by atoms with Crippen molar-refractivity contribution in [3.63, 3.8) is 0 Å². The number of hydrogen-bond acceptors (Lipinski definition) is 3. The zero-order valence-corrected chi connectivity index (χ0v) is 16.7. The van der Waals surface area contributed by atoms with E-state index in [0.717, 1.165) is 25.7 Å². The molecule has 0 saturated heterocycles. The number of rotatable bonds is 6. The quantitative estimate of drug-likeness (QED) is 0.731. The van der Waals surface area contributed by atoms with Gasteiger partial charge < -0.3 is 15.4 Å². The van der Waals surface area contributed by atoms with Crippen molar-refractivity contribution < 1.29 is 14.3 Å². The van der Waals surface area contributed by atoms with Gasteiger partial charge >= 0.3 is 0 Å². The zero-order valence-electron chi connectivity index (χ0n) is 15.9. The van der Waals surface area contributed by atoms with Gasteiger partial charge in [0.1, 0.15) is 5.75 Å². The van der Waals surface area contributed by atoms with Crippen LogP contribution in [0.15, 0.2) is 48.5 Å². The third-order valence-electron chi connectivity index (χ3n) is 4.88. The normalized spacial score (nSPS) is 15.5. The van der Waals surface area contributed by atoms with Gasteiger partial charge in [-0.05, 0) is 44.0 Å². The summed E-state index contributed by atoms with van der Waals surface area (Å²) in [6.07, 6.45) is 4.74. The molecule has 6 heteroatoms. The predicted molar refractivity (Wildman–Crippen MR) is 111 cm³/mol. The Balaban J connectivity index is 1.65. The Morgan fingerprint density at radius 3 is 2.46 bits per heavy atom. The highest BCUT2D eigenvalue weighted by atomic mass is 35.5. The lowest BCUT2D eigenvalue weighted by molar-refractivity contribution is -0.122. The van der Waals surface area contributed by atoms with Crippen molar-refractivity contribution in [1.29, 1.82) is 0 Å². The van der Waals surface area contributed by atoms with Gasteiger partial charge in [-0.15, -0.1) is 0 Å². The number of halogens is 1. The molecule has 1 saturated carbocycles. The highest BCUT2D eigenvalue weighted by Gasteiger charge is 2.21. The van der Waals surface area contributed by atoms with Crippen LogP contribution in [0.4, 0.5) is 5.69 Å². The van der Waals surface area contributed by atoms with Crippen molar-refractivity contribution in [2.24, 2.45) is 0 Å². The average molecular weight is 401 g/mol. The minimum atomic E-state index is -0.769. The molecule has 2 N–H and O–H groups in total. The van der Waals surface area contributed by atoms with E-state index in [9.17, 15) is 9.59 Å². The molecule has 0 aliphatic heterocycles. The van der Waals surface area contributed by atoms with Crippen LogP contribution >= 0.6 is 11.6 Å². The van der Waals surface area contributed by atoms with E-state index in [1.165, 1.54) is 6.42 Å². The summed E-state index contributed by atoms with van der Waals surface area (Å²) < 4.78 is 5.66. The Labute approximate surface area is 170 Å². The first kappa shape index (κ1) is 20.2. The van der Waals surface area contributed by atoms with Crippen molar-refractivity contribution >= 4 is 29.1 Å². The summed E-state index contributed by atoms with van der Waals surface area (Å²) in [6.45, 7) is 1.64. The Morgan fingerprint density at radius 2 is 1.71 bits per heavy atom.